The van der Waals surface area contributed by atoms with Crippen molar-refractivity contribution in [3.05, 3.63) is 29.8 Å². The number of ether oxygens (including phenoxy) is 3. The lowest BCUT2D eigenvalue weighted by atomic mass is 9.99. The van der Waals surface area contributed by atoms with Gasteiger partial charge in [-0.3, -0.25) is 0 Å². The molecule has 0 amide bonds. The molecule has 0 radical (unpaired) electrons. The molecule has 1 aromatic carbocycles. The largest absolute Gasteiger partial charge is 0.507 e. The zero-order valence-corrected chi connectivity index (χ0v) is 13.3. The molecule has 9 nitrogen and oxygen atoms in total. The second kappa shape index (κ2) is 7.65. The van der Waals surface area contributed by atoms with E-state index in [-0.39, 0.29) is 25.0 Å². The van der Waals surface area contributed by atoms with Gasteiger partial charge in [-0.15, -0.1) is 0 Å². The Hall–Kier alpha value is -1.75. The highest BCUT2D eigenvalue weighted by Gasteiger charge is 2.44. The number of benzene rings is 1. The zero-order valence-electron chi connectivity index (χ0n) is 13.3. The molecule has 1 fully saturated rings. The fraction of sp³-hybridized carbons (Fsp3) is 0.562. The van der Waals surface area contributed by atoms with Crippen molar-refractivity contribution in [1.82, 2.24) is 0 Å². The van der Waals surface area contributed by atoms with Crippen LogP contribution in [-0.2, 0) is 14.2 Å². The van der Waals surface area contributed by atoms with Crippen molar-refractivity contribution in [3.63, 3.8) is 0 Å². The van der Waals surface area contributed by atoms with E-state index in [4.69, 9.17) is 19.3 Å². The van der Waals surface area contributed by atoms with E-state index in [9.17, 15) is 20.4 Å². The molecule has 0 spiro atoms. The number of phenols is 1. The molecule has 2 heterocycles. The summed E-state index contributed by atoms with van der Waals surface area (Å²) in [4.78, 5) is 4.31. The number of hydrogen-bond donors (Lipinski definition) is 5. The molecule has 0 aromatic heterocycles. The van der Waals surface area contributed by atoms with Crippen LogP contribution in [0.1, 0.15) is 5.56 Å². The molecule has 0 saturated carbocycles. The Kier molecular flexibility index (Phi) is 5.52. The highest BCUT2D eigenvalue weighted by molar-refractivity contribution is 5.97. The second-order valence-corrected chi connectivity index (χ2v) is 5.95. The maximum atomic E-state index is 9.92. The molecule has 0 bridgehead atoms. The van der Waals surface area contributed by atoms with E-state index in [1.54, 1.807) is 18.2 Å². The lowest BCUT2D eigenvalue weighted by molar-refractivity contribution is -0.301. The number of para-hydroxylation sites is 1. The van der Waals surface area contributed by atoms with Gasteiger partial charge in [-0.2, -0.15) is 0 Å². The van der Waals surface area contributed by atoms with Crippen LogP contribution in [0, 0.1) is 0 Å². The van der Waals surface area contributed by atoms with Gasteiger partial charge in [0, 0.05) is 0 Å². The van der Waals surface area contributed by atoms with Gasteiger partial charge in [-0.05, 0) is 12.1 Å². The van der Waals surface area contributed by atoms with Crippen LogP contribution in [0.15, 0.2) is 29.3 Å². The smallest absolute Gasteiger partial charge is 0.220 e. The lowest BCUT2D eigenvalue weighted by Gasteiger charge is -2.39. The van der Waals surface area contributed by atoms with Crippen LogP contribution >= 0.6 is 0 Å². The molecule has 5 N–H and O–H groups in total. The average molecular weight is 355 g/mol. The normalized spacial score (nSPS) is 35.3. The Morgan fingerprint density at radius 3 is 2.60 bits per heavy atom. The van der Waals surface area contributed by atoms with Gasteiger partial charge in [0.05, 0.1) is 18.8 Å². The van der Waals surface area contributed by atoms with Crippen molar-refractivity contribution in [2.45, 2.75) is 36.7 Å². The summed E-state index contributed by atoms with van der Waals surface area (Å²) in [6.45, 7) is -0.270. The molecular weight excluding hydrogens is 334 g/mol. The number of aromatic hydroxyl groups is 1. The van der Waals surface area contributed by atoms with Gasteiger partial charge < -0.3 is 39.7 Å². The maximum Gasteiger partial charge on any atom is 0.220 e. The van der Waals surface area contributed by atoms with Gasteiger partial charge >= 0.3 is 0 Å². The van der Waals surface area contributed by atoms with E-state index in [1.807, 2.05) is 0 Å². The minimum absolute atomic E-state index is 0.0276. The molecular formula is C16H21NO8. The molecule has 1 aromatic rings. The van der Waals surface area contributed by atoms with Crippen LogP contribution in [0.3, 0.4) is 0 Å². The highest BCUT2D eigenvalue weighted by Crippen LogP contribution is 2.24. The monoisotopic (exact) mass is 355 g/mol. The van der Waals surface area contributed by atoms with Crippen LogP contribution in [-0.4, -0.2) is 88.0 Å². The number of hydrogen-bond acceptors (Lipinski definition) is 9. The molecule has 2 aliphatic rings. The van der Waals surface area contributed by atoms with E-state index in [1.165, 1.54) is 6.07 Å². The van der Waals surface area contributed by atoms with E-state index in [0.717, 1.165) is 0 Å². The van der Waals surface area contributed by atoms with Gasteiger partial charge in [-0.25, -0.2) is 4.99 Å². The fourth-order valence-corrected chi connectivity index (χ4v) is 2.71. The summed E-state index contributed by atoms with van der Waals surface area (Å²) >= 11 is 0. The maximum absolute atomic E-state index is 9.92. The first-order valence-electron chi connectivity index (χ1n) is 7.92. The Labute approximate surface area is 143 Å². The van der Waals surface area contributed by atoms with Crippen LogP contribution in [0.4, 0.5) is 0 Å². The first kappa shape index (κ1) is 18.1. The fourth-order valence-electron chi connectivity index (χ4n) is 2.71. The SMILES string of the molecule is OC[C@H]1O[C@@H](OC[C@@H]2COC(c3ccccc3O)=N2)[C@H](O)[C@@H](O)[C@@H]1O. The predicted molar refractivity (Wildman–Crippen MR) is 84.1 cm³/mol. The minimum Gasteiger partial charge on any atom is -0.507 e. The molecule has 9 heteroatoms. The van der Waals surface area contributed by atoms with Crippen molar-refractivity contribution in [1.29, 1.82) is 0 Å². The molecule has 138 valence electrons. The van der Waals surface area contributed by atoms with Gasteiger partial charge in [0.25, 0.3) is 0 Å². The first-order valence-corrected chi connectivity index (χ1v) is 7.92. The van der Waals surface area contributed by atoms with Crippen LogP contribution in [0.25, 0.3) is 0 Å². The quantitative estimate of drug-likeness (QED) is 0.423. The predicted octanol–water partition coefficient (Wildman–Crippen LogP) is -1.65. The van der Waals surface area contributed by atoms with Gasteiger partial charge in [-0.1, -0.05) is 12.1 Å². The average Bonchev–Trinajstić information content (AvgIpc) is 3.08. The first-order chi connectivity index (χ1) is 12.0. The van der Waals surface area contributed by atoms with Crippen molar-refractivity contribution in [2.75, 3.05) is 19.8 Å². The zero-order chi connectivity index (χ0) is 18.0. The summed E-state index contributed by atoms with van der Waals surface area (Å²) in [6, 6.07) is 6.25. The molecule has 6 atom stereocenters. The number of nitrogens with zero attached hydrogens (tertiary/aromatic N) is 1. The summed E-state index contributed by atoms with van der Waals surface area (Å²) in [7, 11) is 0. The molecule has 0 unspecified atom stereocenters. The van der Waals surface area contributed by atoms with Gasteiger partial charge in [0.2, 0.25) is 5.90 Å². The lowest BCUT2D eigenvalue weighted by Crippen LogP contribution is -2.59. The third-order valence-corrected chi connectivity index (χ3v) is 4.15. The summed E-state index contributed by atoms with van der Waals surface area (Å²) in [5.41, 5.74) is 0.470. The number of aliphatic hydroxyl groups excluding tert-OH is 4. The third-order valence-electron chi connectivity index (χ3n) is 4.15. The van der Waals surface area contributed by atoms with Gasteiger partial charge in [0.15, 0.2) is 6.29 Å². The van der Waals surface area contributed by atoms with E-state index in [2.05, 4.69) is 4.99 Å². The number of aliphatic imine (C=N–C) groups is 1. The standard InChI is InChI=1S/C16H21NO8/c18-5-11-12(20)13(21)14(22)16(25-11)24-7-8-6-23-15(17-8)9-3-1-2-4-10(9)19/h1-4,8,11-14,16,18-22H,5-7H2/t8-,11+,12+,13-,14+,16+/m0/s1. The Bertz CT molecular complexity index is 622. The van der Waals surface area contributed by atoms with E-state index in [0.29, 0.717) is 11.5 Å². The van der Waals surface area contributed by atoms with Crippen LogP contribution in [0.2, 0.25) is 0 Å². The topological polar surface area (TPSA) is 141 Å². The molecule has 3 rings (SSSR count). The van der Waals surface area contributed by atoms with E-state index >= 15 is 0 Å². The summed E-state index contributed by atoms with van der Waals surface area (Å²) in [6.07, 6.45) is -6.61. The molecule has 25 heavy (non-hydrogen) atoms. The van der Waals surface area contributed by atoms with Crippen molar-refractivity contribution < 1.29 is 39.7 Å². The Morgan fingerprint density at radius 1 is 1.12 bits per heavy atom. The summed E-state index contributed by atoms with van der Waals surface area (Å²) < 4.78 is 16.2. The summed E-state index contributed by atoms with van der Waals surface area (Å²) in [5.74, 6) is 0.345. The van der Waals surface area contributed by atoms with Crippen LogP contribution < -0.4 is 0 Å². The Balaban J connectivity index is 1.60. The molecule has 2 aliphatic heterocycles. The Morgan fingerprint density at radius 2 is 1.88 bits per heavy atom. The van der Waals surface area contributed by atoms with Gasteiger partial charge in [0.1, 0.15) is 42.8 Å². The summed E-state index contributed by atoms with van der Waals surface area (Å²) in [5, 5.41) is 48.3. The van der Waals surface area contributed by atoms with E-state index < -0.39 is 37.3 Å². The number of rotatable bonds is 5. The van der Waals surface area contributed by atoms with Crippen LogP contribution in [0.5, 0.6) is 5.75 Å². The van der Waals surface area contributed by atoms with Crippen molar-refractivity contribution in [2.24, 2.45) is 4.99 Å². The number of phenolic OH excluding ortho intramolecular Hbond substituents is 1. The second-order valence-electron chi connectivity index (χ2n) is 5.95. The molecule has 1 saturated heterocycles. The highest BCUT2D eigenvalue weighted by atomic mass is 16.7. The van der Waals surface area contributed by atoms with Crippen molar-refractivity contribution >= 4 is 5.90 Å². The number of aliphatic hydroxyl groups is 4. The minimum atomic E-state index is -1.49. The third kappa shape index (κ3) is 3.76. The van der Waals surface area contributed by atoms with Crippen molar-refractivity contribution in [3.8, 4) is 5.75 Å². The molecule has 0 aliphatic carbocycles.